The molecule has 1 aliphatic rings. The smallest absolute Gasteiger partial charge is 0.288 e. The number of hydrogen-bond donors (Lipinski definition) is 0. The van der Waals surface area contributed by atoms with E-state index in [1.807, 2.05) is 0 Å². The number of hydrogen-bond acceptors (Lipinski definition) is 3. The second-order valence-electron chi connectivity index (χ2n) is 6.68. The van der Waals surface area contributed by atoms with E-state index in [9.17, 15) is 17.6 Å². The summed E-state index contributed by atoms with van der Waals surface area (Å²) in [6.07, 6.45) is -2.48. The fraction of sp³-hybridized carbons (Fsp3) is 0.211. The van der Waals surface area contributed by atoms with Gasteiger partial charge < -0.3 is 0 Å². The summed E-state index contributed by atoms with van der Waals surface area (Å²) >= 11 is 11.9. The second kappa shape index (κ2) is 7.11. The van der Waals surface area contributed by atoms with E-state index in [1.165, 1.54) is 47.7 Å². The summed E-state index contributed by atoms with van der Waals surface area (Å²) in [6.45, 7) is -0.533. The van der Waals surface area contributed by atoms with Gasteiger partial charge in [-0.25, -0.2) is 14.1 Å². The Hall–Kier alpha value is -2.45. The summed E-state index contributed by atoms with van der Waals surface area (Å²) in [6, 6.07) is 7.93. The van der Waals surface area contributed by atoms with Gasteiger partial charge in [0, 0.05) is 22.2 Å². The van der Waals surface area contributed by atoms with Gasteiger partial charge in [0.25, 0.3) is 0 Å². The van der Waals surface area contributed by atoms with Crippen LogP contribution < -0.4 is 0 Å². The number of rotatable bonds is 3. The Morgan fingerprint density at radius 1 is 1.03 bits per heavy atom. The third-order valence-corrected chi connectivity index (χ3v) is 5.35. The van der Waals surface area contributed by atoms with Crippen molar-refractivity contribution in [1.29, 1.82) is 0 Å². The molecule has 150 valence electrons. The lowest BCUT2D eigenvalue weighted by Gasteiger charge is -2.31. The molecule has 0 fully saturated rings. The van der Waals surface area contributed by atoms with Crippen LogP contribution in [-0.2, 0) is 5.41 Å². The van der Waals surface area contributed by atoms with Gasteiger partial charge in [0.15, 0.2) is 0 Å². The van der Waals surface area contributed by atoms with Crippen LogP contribution in [0.25, 0.3) is 5.69 Å². The molecule has 1 aromatic heterocycles. The summed E-state index contributed by atoms with van der Waals surface area (Å²) in [5.41, 5.74) is -1.79. The van der Waals surface area contributed by atoms with E-state index >= 15 is 0 Å². The van der Waals surface area contributed by atoms with Crippen molar-refractivity contribution < 1.29 is 17.6 Å². The molecule has 4 nitrogen and oxygen atoms in total. The minimum atomic E-state index is -4.61. The lowest BCUT2D eigenvalue weighted by Crippen LogP contribution is -2.43. The van der Waals surface area contributed by atoms with Crippen LogP contribution in [0.15, 0.2) is 54.0 Å². The van der Waals surface area contributed by atoms with Crippen LogP contribution in [0.5, 0.6) is 0 Å². The summed E-state index contributed by atoms with van der Waals surface area (Å²) in [5.74, 6) is -0.647. The third-order valence-electron chi connectivity index (χ3n) is 4.91. The van der Waals surface area contributed by atoms with E-state index in [0.717, 1.165) is 6.07 Å². The summed E-state index contributed by atoms with van der Waals surface area (Å²) in [7, 11) is 0. The van der Waals surface area contributed by atoms with Crippen molar-refractivity contribution in [3.63, 3.8) is 0 Å². The highest BCUT2D eigenvalue weighted by molar-refractivity contribution is 6.34. The minimum absolute atomic E-state index is 0.0686. The van der Waals surface area contributed by atoms with Crippen molar-refractivity contribution in [3.05, 3.63) is 76.0 Å². The van der Waals surface area contributed by atoms with E-state index in [1.54, 1.807) is 0 Å². The van der Waals surface area contributed by atoms with Gasteiger partial charge in [0.1, 0.15) is 29.6 Å². The molecule has 0 amide bonds. The number of aliphatic imine (C=N–C) groups is 1. The van der Waals surface area contributed by atoms with E-state index < -0.39 is 30.4 Å². The van der Waals surface area contributed by atoms with E-state index in [-0.39, 0.29) is 32.6 Å². The van der Waals surface area contributed by atoms with Gasteiger partial charge in [0.05, 0.1) is 6.54 Å². The van der Waals surface area contributed by atoms with Gasteiger partial charge in [-0.2, -0.15) is 18.3 Å². The largest absolute Gasteiger partial charge is 0.400 e. The Balaban J connectivity index is 1.71. The number of benzene rings is 2. The van der Waals surface area contributed by atoms with Crippen LogP contribution in [-0.4, -0.2) is 33.2 Å². The number of alkyl halides is 3. The van der Waals surface area contributed by atoms with E-state index in [4.69, 9.17) is 23.2 Å². The van der Waals surface area contributed by atoms with Crippen LogP contribution in [0.2, 0.25) is 10.0 Å². The molecule has 0 saturated carbocycles. The Kier molecular flexibility index (Phi) is 4.86. The molecule has 2 heterocycles. The fourth-order valence-electron chi connectivity index (χ4n) is 3.40. The molecule has 0 spiro atoms. The predicted octanol–water partition coefficient (Wildman–Crippen LogP) is 5.41. The van der Waals surface area contributed by atoms with Gasteiger partial charge >= 0.3 is 6.18 Å². The molecule has 0 N–H and O–H groups in total. The monoisotopic (exact) mass is 442 g/mol. The number of halogens is 6. The first-order valence-electron chi connectivity index (χ1n) is 8.41. The van der Waals surface area contributed by atoms with Crippen molar-refractivity contribution >= 4 is 28.9 Å². The normalized spacial score (nSPS) is 19.4. The SMILES string of the molecule is Fc1cc(C2=NCC(c3cc(Cl)cc(Cl)c3)(C(F)(F)F)C2)ccc1-n1cncn1. The summed E-state index contributed by atoms with van der Waals surface area (Å²) in [4.78, 5) is 7.85. The Morgan fingerprint density at radius 3 is 2.34 bits per heavy atom. The predicted molar refractivity (Wildman–Crippen MR) is 102 cm³/mol. The molecule has 2 aromatic carbocycles. The molecular formula is C19H12Cl2F4N4. The van der Waals surface area contributed by atoms with Crippen molar-refractivity contribution in [3.8, 4) is 5.69 Å². The number of nitrogens with zero attached hydrogens (tertiary/aromatic N) is 4. The highest BCUT2D eigenvalue weighted by atomic mass is 35.5. The van der Waals surface area contributed by atoms with Crippen molar-refractivity contribution in [2.75, 3.05) is 6.54 Å². The standard InChI is InChI=1S/C19H12Cl2F4N4/c20-13-4-12(5-14(21)6-13)18(19(23,24)25)7-16(27-8-18)11-1-2-17(15(22)3-11)29-10-26-9-28-29/h1-6,9-10H,7-8H2. The van der Waals surface area contributed by atoms with Gasteiger partial charge in [0.2, 0.25) is 0 Å². The maximum absolute atomic E-state index is 14.5. The number of aromatic nitrogens is 3. The molecule has 1 unspecified atom stereocenters. The Labute approximate surface area is 172 Å². The highest BCUT2D eigenvalue weighted by Crippen LogP contribution is 2.48. The van der Waals surface area contributed by atoms with E-state index in [0.29, 0.717) is 0 Å². The first kappa shape index (κ1) is 19.8. The minimum Gasteiger partial charge on any atom is -0.288 e. The molecule has 10 heteroatoms. The molecule has 0 aliphatic carbocycles. The molecule has 3 aromatic rings. The Bertz CT molecular complexity index is 1080. The topological polar surface area (TPSA) is 43.1 Å². The highest BCUT2D eigenvalue weighted by Gasteiger charge is 2.58. The van der Waals surface area contributed by atoms with Gasteiger partial charge in [-0.15, -0.1) is 0 Å². The van der Waals surface area contributed by atoms with Crippen LogP contribution >= 0.6 is 23.2 Å². The zero-order valence-corrected chi connectivity index (χ0v) is 16.1. The molecule has 0 radical (unpaired) electrons. The van der Waals surface area contributed by atoms with Crippen LogP contribution in [0.4, 0.5) is 17.6 Å². The van der Waals surface area contributed by atoms with Gasteiger partial charge in [-0.1, -0.05) is 29.3 Å². The lowest BCUT2D eigenvalue weighted by molar-refractivity contribution is -0.183. The van der Waals surface area contributed by atoms with Gasteiger partial charge in [-0.05, 0) is 41.5 Å². The molecule has 1 atom stereocenters. The first-order chi connectivity index (χ1) is 13.7. The maximum atomic E-state index is 14.5. The molecule has 1 aliphatic heterocycles. The van der Waals surface area contributed by atoms with Crippen LogP contribution in [0.3, 0.4) is 0 Å². The van der Waals surface area contributed by atoms with Crippen molar-refractivity contribution in [2.24, 2.45) is 4.99 Å². The lowest BCUT2D eigenvalue weighted by atomic mass is 9.76. The first-order valence-corrected chi connectivity index (χ1v) is 9.17. The summed E-state index contributed by atoms with van der Waals surface area (Å²) in [5, 5.41) is 4.06. The molecule has 4 rings (SSSR count). The van der Waals surface area contributed by atoms with Crippen LogP contribution in [0.1, 0.15) is 17.5 Å². The fourth-order valence-corrected chi connectivity index (χ4v) is 3.93. The van der Waals surface area contributed by atoms with E-state index in [2.05, 4.69) is 15.1 Å². The third kappa shape index (κ3) is 3.51. The second-order valence-corrected chi connectivity index (χ2v) is 7.56. The summed E-state index contributed by atoms with van der Waals surface area (Å²) < 4.78 is 58.1. The van der Waals surface area contributed by atoms with Gasteiger partial charge in [-0.3, -0.25) is 4.99 Å². The quantitative estimate of drug-likeness (QED) is 0.509. The van der Waals surface area contributed by atoms with Crippen molar-refractivity contribution in [2.45, 2.75) is 18.0 Å². The van der Waals surface area contributed by atoms with Crippen LogP contribution in [0, 0.1) is 5.82 Å². The average Bonchev–Trinajstić information content (AvgIpc) is 3.31. The zero-order valence-electron chi connectivity index (χ0n) is 14.6. The molecule has 29 heavy (non-hydrogen) atoms. The van der Waals surface area contributed by atoms with Crippen molar-refractivity contribution in [1.82, 2.24) is 14.8 Å². The maximum Gasteiger partial charge on any atom is 0.400 e. The molecule has 0 saturated heterocycles. The molecular weight excluding hydrogens is 431 g/mol. The zero-order chi connectivity index (χ0) is 20.8. The average molecular weight is 443 g/mol. The molecule has 0 bridgehead atoms. The Morgan fingerprint density at radius 2 is 1.76 bits per heavy atom.